The molecule has 0 radical (unpaired) electrons. The number of hydrogen-bond acceptors (Lipinski definition) is 2. The highest BCUT2D eigenvalue weighted by Crippen LogP contribution is 2.39. The molecule has 0 spiro atoms. The zero-order valence-corrected chi connectivity index (χ0v) is 12.6. The van der Waals surface area contributed by atoms with Crippen molar-refractivity contribution in [3.8, 4) is 0 Å². The zero-order chi connectivity index (χ0) is 12.3. The highest BCUT2D eigenvalue weighted by atomic mass is 32.2. The van der Waals surface area contributed by atoms with E-state index in [0.29, 0.717) is 0 Å². The minimum atomic E-state index is 0.769. The molecule has 0 amide bonds. The molecule has 0 aromatic carbocycles. The second kappa shape index (κ2) is 6.47. The molecular formula is C15H29NS. The lowest BCUT2D eigenvalue weighted by atomic mass is 9.73. The summed E-state index contributed by atoms with van der Waals surface area (Å²) < 4.78 is 0. The summed E-state index contributed by atoms with van der Waals surface area (Å²) in [5, 5.41) is 4.55. The second-order valence-corrected chi connectivity index (χ2v) is 7.74. The Morgan fingerprint density at radius 3 is 2.29 bits per heavy atom. The molecule has 100 valence electrons. The molecule has 0 aromatic rings. The number of nitrogens with one attached hydrogen (secondary N) is 1. The van der Waals surface area contributed by atoms with E-state index < -0.39 is 0 Å². The van der Waals surface area contributed by atoms with Crippen LogP contribution in [0.25, 0.3) is 0 Å². The highest BCUT2D eigenvalue weighted by molar-refractivity contribution is 8.00. The third kappa shape index (κ3) is 3.64. The van der Waals surface area contributed by atoms with Gasteiger partial charge in [-0.25, -0.2) is 0 Å². The van der Waals surface area contributed by atoms with Crippen LogP contribution in [0.5, 0.6) is 0 Å². The Kier molecular flexibility index (Phi) is 5.23. The average molecular weight is 255 g/mol. The summed E-state index contributed by atoms with van der Waals surface area (Å²) in [6, 6.07) is 0.769. The quantitative estimate of drug-likeness (QED) is 0.820. The normalized spacial score (nSPS) is 41.1. The number of thioether (sulfide) groups is 1. The smallest absolute Gasteiger partial charge is 0.0211 e. The van der Waals surface area contributed by atoms with Gasteiger partial charge in [-0.2, -0.15) is 11.8 Å². The van der Waals surface area contributed by atoms with E-state index in [0.717, 1.165) is 29.0 Å². The van der Waals surface area contributed by atoms with E-state index in [1.807, 2.05) is 0 Å². The average Bonchev–Trinajstić information content (AvgIpc) is 2.30. The van der Waals surface area contributed by atoms with Crippen LogP contribution in [-0.2, 0) is 0 Å². The van der Waals surface area contributed by atoms with Gasteiger partial charge >= 0.3 is 0 Å². The fourth-order valence-corrected chi connectivity index (χ4v) is 5.65. The standard InChI is InChI=1S/C15H29NS/c1-11-8-12(2)10-13(9-11)15(16-3)14-6-4-5-7-17-14/h11-16H,4-10H2,1-3H3. The molecule has 4 atom stereocenters. The van der Waals surface area contributed by atoms with Crippen LogP contribution in [0.1, 0.15) is 52.4 Å². The van der Waals surface area contributed by atoms with E-state index in [1.54, 1.807) is 0 Å². The Bertz CT molecular complexity index is 215. The topological polar surface area (TPSA) is 12.0 Å². The van der Waals surface area contributed by atoms with Crippen LogP contribution in [0.15, 0.2) is 0 Å². The molecule has 2 rings (SSSR count). The first-order valence-electron chi connectivity index (χ1n) is 7.49. The minimum Gasteiger partial charge on any atom is -0.316 e. The zero-order valence-electron chi connectivity index (χ0n) is 11.7. The third-order valence-electron chi connectivity index (χ3n) is 4.67. The van der Waals surface area contributed by atoms with Crippen LogP contribution < -0.4 is 5.32 Å². The lowest BCUT2D eigenvalue weighted by molar-refractivity contribution is 0.175. The van der Waals surface area contributed by atoms with Gasteiger partial charge in [0.05, 0.1) is 0 Å². The maximum absolute atomic E-state index is 3.66. The molecule has 1 nitrogen and oxygen atoms in total. The van der Waals surface area contributed by atoms with Crippen molar-refractivity contribution in [3.63, 3.8) is 0 Å². The van der Waals surface area contributed by atoms with Gasteiger partial charge in [-0.3, -0.25) is 0 Å². The van der Waals surface area contributed by atoms with Crippen molar-refractivity contribution in [3.05, 3.63) is 0 Å². The maximum atomic E-state index is 3.66. The fourth-order valence-electron chi connectivity index (χ4n) is 4.08. The molecule has 4 unspecified atom stereocenters. The van der Waals surface area contributed by atoms with Crippen LogP contribution in [0, 0.1) is 17.8 Å². The summed E-state index contributed by atoms with van der Waals surface area (Å²) in [6.07, 6.45) is 8.68. The first-order valence-corrected chi connectivity index (χ1v) is 8.54. The van der Waals surface area contributed by atoms with Crippen LogP contribution in [0.4, 0.5) is 0 Å². The second-order valence-electron chi connectivity index (χ2n) is 6.40. The van der Waals surface area contributed by atoms with Crippen molar-refractivity contribution in [2.45, 2.75) is 63.7 Å². The van der Waals surface area contributed by atoms with Crippen molar-refractivity contribution in [2.75, 3.05) is 12.8 Å². The summed E-state index contributed by atoms with van der Waals surface area (Å²) >= 11 is 2.23. The van der Waals surface area contributed by atoms with E-state index in [9.17, 15) is 0 Å². The molecule has 1 N–H and O–H groups in total. The van der Waals surface area contributed by atoms with E-state index in [2.05, 4.69) is 38.0 Å². The molecule has 2 fully saturated rings. The van der Waals surface area contributed by atoms with E-state index in [-0.39, 0.29) is 0 Å². The third-order valence-corrected chi connectivity index (χ3v) is 6.15. The predicted molar refractivity (Wildman–Crippen MR) is 78.6 cm³/mol. The molecule has 0 aromatic heterocycles. The Hall–Kier alpha value is 0.310. The van der Waals surface area contributed by atoms with Crippen molar-refractivity contribution >= 4 is 11.8 Å². The fraction of sp³-hybridized carbons (Fsp3) is 1.00. The van der Waals surface area contributed by atoms with Gasteiger partial charge in [-0.05, 0) is 62.7 Å². The Morgan fingerprint density at radius 1 is 1.06 bits per heavy atom. The number of hydrogen-bond donors (Lipinski definition) is 1. The van der Waals surface area contributed by atoms with E-state index in [1.165, 1.54) is 44.3 Å². The number of rotatable bonds is 3. The predicted octanol–water partition coefficient (Wildman–Crippen LogP) is 3.93. The van der Waals surface area contributed by atoms with Gasteiger partial charge in [0, 0.05) is 11.3 Å². The first-order chi connectivity index (χ1) is 8.20. The molecule has 1 aliphatic heterocycles. The Balaban J connectivity index is 1.96. The molecule has 2 aliphatic rings. The molecule has 17 heavy (non-hydrogen) atoms. The highest BCUT2D eigenvalue weighted by Gasteiger charge is 2.34. The van der Waals surface area contributed by atoms with E-state index in [4.69, 9.17) is 0 Å². The van der Waals surface area contributed by atoms with Gasteiger partial charge in [0.1, 0.15) is 0 Å². The summed E-state index contributed by atoms with van der Waals surface area (Å²) in [5.41, 5.74) is 0. The molecule has 1 saturated carbocycles. The maximum Gasteiger partial charge on any atom is 0.0211 e. The first kappa shape index (κ1) is 13.7. The van der Waals surface area contributed by atoms with Crippen molar-refractivity contribution in [2.24, 2.45) is 17.8 Å². The Labute approximate surface area is 112 Å². The largest absolute Gasteiger partial charge is 0.316 e. The molecule has 1 aliphatic carbocycles. The van der Waals surface area contributed by atoms with Crippen LogP contribution in [0.3, 0.4) is 0 Å². The van der Waals surface area contributed by atoms with Crippen molar-refractivity contribution in [1.82, 2.24) is 5.32 Å². The van der Waals surface area contributed by atoms with Gasteiger partial charge in [-0.1, -0.05) is 20.3 Å². The molecular weight excluding hydrogens is 226 g/mol. The molecule has 1 saturated heterocycles. The van der Waals surface area contributed by atoms with Gasteiger partial charge in [0.2, 0.25) is 0 Å². The van der Waals surface area contributed by atoms with Crippen molar-refractivity contribution < 1.29 is 0 Å². The lowest BCUT2D eigenvalue weighted by Gasteiger charge is -2.40. The van der Waals surface area contributed by atoms with Gasteiger partial charge in [-0.15, -0.1) is 0 Å². The summed E-state index contributed by atoms with van der Waals surface area (Å²) in [5.74, 6) is 4.19. The molecule has 2 heteroatoms. The van der Waals surface area contributed by atoms with Gasteiger partial charge in [0.25, 0.3) is 0 Å². The van der Waals surface area contributed by atoms with Gasteiger partial charge < -0.3 is 5.32 Å². The monoisotopic (exact) mass is 255 g/mol. The molecule has 0 bridgehead atoms. The lowest BCUT2D eigenvalue weighted by Crippen LogP contribution is -2.45. The summed E-state index contributed by atoms with van der Waals surface area (Å²) in [4.78, 5) is 0. The minimum absolute atomic E-state index is 0.769. The molecule has 1 heterocycles. The Morgan fingerprint density at radius 2 is 1.76 bits per heavy atom. The van der Waals surface area contributed by atoms with Crippen LogP contribution in [-0.4, -0.2) is 24.1 Å². The van der Waals surface area contributed by atoms with Gasteiger partial charge in [0.15, 0.2) is 0 Å². The summed E-state index contributed by atoms with van der Waals surface area (Å²) in [6.45, 7) is 4.90. The van der Waals surface area contributed by atoms with Crippen molar-refractivity contribution in [1.29, 1.82) is 0 Å². The van der Waals surface area contributed by atoms with Crippen LogP contribution >= 0.6 is 11.8 Å². The SMILES string of the molecule is CNC(C1CC(C)CC(C)C1)C1CCCCS1. The van der Waals surface area contributed by atoms with Crippen LogP contribution in [0.2, 0.25) is 0 Å². The summed E-state index contributed by atoms with van der Waals surface area (Å²) in [7, 11) is 2.18. The van der Waals surface area contributed by atoms with E-state index >= 15 is 0 Å².